The molecule has 2 aromatic carbocycles. The predicted octanol–water partition coefficient (Wildman–Crippen LogP) is 3.96. The lowest BCUT2D eigenvalue weighted by molar-refractivity contribution is 0.408. The second kappa shape index (κ2) is 7.21. The molecule has 0 radical (unpaired) electrons. The number of rotatable bonds is 6. The molecule has 0 fully saturated rings. The van der Waals surface area contributed by atoms with Crippen molar-refractivity contribution in [1.29, 1.82) is 0 Å². The van der Waals surface area contributed by atoms with Crippen molar-refractivity contribution in [1.82, 2.24) is 0 Å². The van der Waals surface area contributed by atoms with Crippen LogP contribution in [0.1, 0.15) is 0 Å². The third-order valence-electron chi connectivity index (χ3n) is 3.23. The van der Waals surface area contributed by atoms with Crippen molar-refractivity contribution in [3.8, 4) is 0 Å². The average Bonchev–Trinajstić information content (AvgIpc) is 2.61. The summed E-state index contributed by atoms with van der Waals surface area (Å²) in [6.45, 7) is 0. The van der Waals surface area contributed by atoms with E-state index in [2.05, 4.69) is 0 Å². The van der Waals surface area contributed by atoms with Crippen molar-refractivity contribution < 1.29 is 18.2 Å². The quantitative estimate of drug-likeness (QED) is 0.750. The van der Waals surface area contributed by atoms with Gasteiger partial charge in [0.05, 0.1) is 0 Å². The molecule has 2 atom stereocenters. The van der Waals surface area contributed by atoms with Crippen LogP contribution >= 0.6 is 14.7 Å². The number of benzene rings is 2. The summed E-state index contributed by atoms with van der Waals surface area (Å²) < 4.78 is 36.2. The molecule has 6 heteroatoms. The van der Waals surface area contributed by atoms with Gasteiger partial charge in [-0.1, -0.05) is 36.4 Å². The molecular formula is C16H18O4P2. The second-order valence-electron chi connectivity index (χ2n) is 4.53. The minimum atomic E-state index is -3.22. The first-order valence-corrected chi connectivity index (χ1v) is 10.1. The topological polar surface area (TPSA) is 52.6 Å². The van der Waals surface area contributed by atoms with Crippen molar-refractivity contribution in [2.45, 2.75) is 0 Å². The van der Waals surface area contributed by atoms with Crippen LogP contribution in [-0.4, -0.2) is 14.2 Å². The summed E-state index contributed by atoms with van der Waals surface area (Å²) in [7, 11) is -3.68. The average molecular weight is 336 g/mol. The molecule has 0 aliphatic rings. The molecule has 0 amide bonds. The molecule has 0 bridgehead atoms. The first kappa shape index (κ1) is 16.9. The molecule has 116 valence electrons. The molecule has 2 rings (SSSR count). The Labute approximate surface area is 130 Å². The predicted molar refractivity (Wildman–Crippen MR) is 90.5 cm³/mol. The highest BCUT2D eigenvalue weighted by molar-refractivity contribution is 7.73. The van der Waals surface area contributed by atoms with Gasteiger partial charge in [-0.2, -0.15) is 0 Å². The van der Waals surface area contributed by atoms with Gasteiger partial charge in [-0.3, -0.25) is 9.13 Å². The zero-order valence-electron chi connectivity index (χ0n) is 12.5. The van der Waals surface area contributed by atoms with Gasteiger partial charge >= 0.3 is 0 Å². The van der Waals surface area contributed by atoms with E-state index in [1.54, 1.807) is 48.5 Å². The maximum absolute atomic E-state index is 12.9. The van der Waals surface area contributed by atoms with Crippen molar-refractivity contribution in [2.24, 2.45) is 0 Å². The van der Waals surface area contributed by atoms with Crippen LogP contribution in [0.25, 0.3) is 0 Å². The molecule has 2 unspecified atom stereocenters. The molecule has 0 heterocycles. The minimum Gasteiger partial charge on any atom is -0.326 e. The van der Waals surface area contributed by atoms with E-state index in [-0.39, 0.29) is 0 Å². The van der Waals surface area contributed by atoms with E-state index >= 15 is 0 Å². The van der Waals surface area contributed by atoms with Gasteiger partial charge in [0.2, 0.25) is 0 Å². The summed E-state index contributed by atoms with van der Waals surface area (Å²) in [5.41, 5.74) is 0. The highest BCUT2D eigenvalue weighted by atomic mass is 31.2. The van der Waals surface area contributed by atoms with Crippen LogP contribution in [0.3, 0.4) is 0 Å². The molecule has 0 aliphatic carbocycles. The van der Waals surface area contributed by atoms with Crippen molar-refractivity contribution in [3.05, 3.63) is 72.3 Å². The summed E-state index contributed by atoms with van der Waals surface area (Å²) in [6.07, 6.45) is 0. The van der Waals surface area contributed by atoms with Crippen molar-refractivity contribution in [3.63, 3.8) is 0 Å². The van der Waals surface area contributed by atoms with E-state index in [4.69, 9.17) is 9.05 Å². The molecule has 0 N–H and O–H groups in total. The van der Waals surface area contributed by atoms with Crippen LogP contribution in [0.4, 0.5) is 0 Å². The Hall–Kier alpha value is -1.44. The normalized spacial score (nSPS) is 17.0. The molecule has 0 saturated carbocycles. The van der Waals surface area contributed by atoms with Crippen molar-refractivity contribution in [2.75, 3.05) is 14.2 Å². The Morgan fingerprint density at radius 3 is 1.27 bits per heavy atom. The molecule has 0 saturated heterocycles. The lowest BCUT2D eigenvalue weighted by atomic mass is 10.4. The Kier molecular flexibility index (Phi) is 5.55. The fourth-order valence-electron chi connectivity index (χ4n) is 1.95. The maximum atomic E-state index is 12.9. The van der Waals surface area contributed by atoms with E-state index < -0.39 is 14.7 Å². The first-order valence-electron chi connectivity index (χ1n) is 6.67. The Bertz CT molecular complexity index is 663. The molecule has 0 aromatic heterocycles. The zero-order valence-corrected chi connectivity index (χ0v) is 14.2. The highest BCUT2D eigenvalue weighted by Crippen LogP contribution is 2.53. The largest absolute Gasteiger partial charge is 0.326 e. The van der Waals surface area contributed by atoms with Crippen molar-refractivity contribution >= 4 is 25.3 Å². The molecule has 0 aliphatic heterocycles. The maximum Gasteiger partial charge on any atom is 0.254 e. The molecule has 2 aromatic rings. The van der Waals surface area contributed by atoms with E-state index in [0.29, 0.717) is 10.6 Å². The number of hydrogen-bond donors (Lipinski definition) is 0. The van der Waals surface area contributed by atoms with Gasteiger partial charge in [-0.15, -0.1) is 0 Å². The summed E-state index contributed by atoms with van der Waals surface area (Å²) >= 11 is 0. The van der Waals surface area contributed by atoms with Gasteiger partial charge in [0.15, 0.2) is 0 Å². The minimum absolute atomic E-state index is 0.546. The Morgan fingerprint density at radius 1 is 0.682 bits per heavy atom. The van der Waals surface area contributed by atoms with Gasteiger partial charge in [0.25, 0.3) is 14.7 Å². The van der Waals surface area contributed by atoms with Crippen LogP contribution in [0.15, 0.2) is 72.3 Å². The van der Waals surface area contributed by atoms with E-state index in [9.17, 15) is 9.13 Å². The molecule has 4 nitrogen and oxygen atoms in total. The lowest BCUT2D eigenvalue weighted by Crippen LogP contribution is -2.05. The van der Waals surface area contributed by atoms with Gasteiger partial charge < -0.3 is 9.05 Å². The second-order valence-corrected chi connectivity index (χ2v) is 9.28. The fourth-order valence-corrected chi connectivity index (χ4v) is 5.54. The molecular weight excluding hydrogens is 318 g/mol. The third-order valence-corrected chi connectivity index (χ3v) is 7.67. The first-order chi connectivity index (χ1) is 10.5. The molecule has 22 heavy (non-hydrogen) atoms. The van der Waals surface area contributed by atoms with Crippen LogP contribution in [0.2, 0.25) is 0 Å². The van der Waals surface area contributed by atoms with Crippen LogP contribution in [-0.2, 0) is 18.2 Å². The zero-order chi connectivity index (χ0) is 16.1. The van der Waals surface area contributed by atoms with Crippen LogP contribution < -0.4 is 10.6 Å². The van der Waals surface area contributed by atoms with E-state index in [1.807, 2.05) is 12.1 Å². The van der Waals surface area contributed by atoms with Gasteiger partial charge in [0.1, 0.15) is 0 Å². The number of hydrogen-bond acceptors (Lipinski definition) is 4. The smallest absolute Gasteiger partial charge is 0.254 e. The van der Waals surface area contributed by atoms with Gasteiger partial charge in [-0.05, 0) is 24.3 Å². The van der Waals surface area contributed by atoms with Crippen LogP contribution in [0.5, 0.6) is 0 Å². The monoisotopic (exact) mass is 336 g/mol. The summed E-state index contributed by atoms with van der Waals surface area (Å²) in [5, 5.41) is 1.09. The van der Waals surface area contributed by atoms with E-state index in [0.717, 1.165) is 0 Å². The lowest BCUT2D eigenvalue weighted by Gasteiger charge is -2.15. The fraction of sp³-hybridized carbons (Fsp3) is 0.125. The summed E-state index contributed by atoms with van der Waals surface area (Å²) in [6, 6.07) is 17.6. The van der Waals surface area contributed by atoms with Gasteiger partial charge in [-0.25, -0.2) is 0 Å². The Morgan fingerprint density at radius 2 is 1.00 bits per heavy atom. The van der Waals surface area contributed by atoms with E-state index in [1.165, 1.54) is 25.9 Å². The van der Waals surface area contributed by atoms with Crippen LogP contribution in [0, 0.1) is 0 Å². The van der Waals surface area contributed by atoms with Gasteiger partial charge in [0, 0.05) is 36.5 Å². The third kappa shape index (κ3) is 3.66. The standard InChI is InChI=1S/C16H18O4P2/c1-19-21(17,15-9-5-3-6-10-15)13-14-22(18,20-2)16-11-7-4-8-12-16/h3-14H,1-2H3/b14-13+. The summed E-state index contributed by atoms with van der Waals surface area (Å²) in [4.78, 5) is 0. The SMILES string of the molecule is COP(=O)(/C=C/P(=O)(OC)c1ccccc1)c1ccccc1. The highest BCUT2D eigenvalue weighted by Gasteiger charge is 2.26. The Balaban J connectivity index is 2.40. The summed E-state index contributed by atoms with van der Waals surface area (Å²) in [5.74, 6) is 2.72. The molecule has 0 spiro atoms.